The van der Waals surface area contributed by atoms with Gasteiger partial charge in [-0.05, 0) is 24.3 Å². The van der Waals surface area contributed by atoms with Crippen LogP contribution in [0.4, 0.5) is 13.2 Å². The van der Waals surface area contributed by atoms with E-state index in [1.165, 1.54) is 0 Å². The third kappa shape index (κ3) is 3.46. The molecule has 0 atom stereocenters. The van der Waals surface area contributed by atoms with Gasteiger partial charge in [0.05, 0.1) is 4.90 Å². The van der Waals surface area contributed by atoms with Crippen LogP contribution in [0.2, 0.25) is 0 Å². The van der Waals surface area contributed by atoms with Crippen LogP contribution in [0.1, 0.15) is 5.56 Å². The first-order valence-electron chi connectivity index (χ1n) is 4.41. The van der Waals surface area contributed by atoms with Gasteiger partial charge in [0.1, 0.15) is 0 Å². The second kappa shape index (κ2) is 4.84. The maximum absolute atomic E-state index is 12.1. The monoisotopic (exact) mass is 313 g/mol. The molecule has 0 aliphatic heterocycles. The van der Waals surface area contributed by atoms with Gasteiger partial charge in [-0.25, -0.2) is 16.8 Å². The van der Waals surface area contributed by atoms with Crippen LogP contribution in [0.3, 0.4) is 0 Å². The van der Waals surface area contributed by atoms with Gasteiger partial charge in [0.15, 0.2) is 0 Å². The smallest absolute Gasteiger partial charge is 0.206 e. The molecular formula is C9H6F3NO4S2. The van der Waals surface area contributed by atoms with E-state index in [1.807, 2.05) is 0 Å². The van der Waals surface area contributed by atoms with Crippen LogP contribution >= 0.6 is 0 Å². The van der Waals surface area contributed by atoms with E-state index in [0.717, 1.165) is 24.3 Å². The van der Waals surface area contributed by atoms with Crippen LogP contribution < -0.4 is 4.13 Å². The van der Waals surface area contributed by atoms with Crippen molar-refractivity contribution in [3.63, 3.8) is 0 Å². The Morgan fingerprint density at radius 3 is 1.89 bits per heavy atom. The number of sulfonamides is 2. The number of halogens is 3. The fourth-order valence-electron chi connectivity index (χ4n) is 0.970. The Bertz CT molecular complexity index is 712. The summed E-state index contributed by atoms with van der Waals surface area (Å²) < 4.78 is 81.1. The molecule has 10 heteroatoms. The van der Waals surface area contributed by atoms with Crippen LogP contribution in [0, 0.1) is 12.3 Å². The molecule has 1 rings (SSSR count). The summed E-state index contributed by atoms with van der Waals surface area (Å²) >= 11 is 0. The fourth-order valence-corrected chi connectivity index (χ4v) is 3.38. The van der Waals surface area contributed by atoms with Gasteiger partial charge < -0.3 is 0 Å². The van der Waals surface area contributed by atoms with Gasteiger partial charge in [-0.1, -0.05) is 10.0 Å². The molecule has 19 heavy (non-hydrogen) atoms. The molecule has 0 aromatic heterocycles. The first-order chi connectivity index (χ1) is 8.49. The first kappa shape index (κ1) is 15.5. The van der Waals surface area contributed by atoms with Gasteiger partial charge in [-0.2, -0.15) is 13.2 Å². The molecule has 1 N–H and O–H groups in total. The zero-order valence-electron chi connectivity index (χ0n) is 8.97. The highest BCUT2D eigenvalue weighted by Crippen LogP contribution is 2.23. The van der Waals surface area contributed by atoms with Gasteiger partial charge in [-0.15, -0.1) is 6.42 Å². The molecule has 0 saturated carbocycles. The summed E-state index contributed by atoms with van der Waals surface area (Å²) in [6, 6.07) is 4.08. The number of rotatable bonds is 3. The summed E-state index contributed by atoms with van der Waals surface area (Å²) in [5, 5.41) is 0. The molecule has 0 heterocycles. The van der Waals surface area contributed by atoms with Gasteiger partial charge in [0.2, 0.25) is 0 Å². The Kier molecular flexibility index (Phi) is 3.94. The first-order valence-corrected chi connectivity index (χ1v) is 7.38. The maximum Gasteiger partial charge on any atom is 0.512 e. The van der Waals surface area contributed by atoms with Crippen LogP contribution in [0.15, 0.2) is 29.2 Å². The van der Waals surface area contributed by atoms with E-state index in [4.69, 9.17) is 6.42 Å². The Hall–Kier alpha value is -1.57. The van der Waals surface area contributed by atoms with Crippen molar-refractivity contribution < 1.29 is 30.0 Å². The van der Waals surface area contributed by atoms with Crippen molar-refractivity contribution in [3.8, 4) is 12.3 Å². The highest BCUT2D eigenvalue weighted by molar-refractivity contribution is 8.05. The second-order valence-electron chi connectivity index (χ2n) is 3.20. The van der Waals surface area contributed by atoms with Gasteiger partial charge >= 0.3 is 15.5 Å². The van der Waals surface area contributed by atoms with Crippen LogP contribution in [0.25, 0.3) is 0 Å². The lowest BCUT2D eigenvalue weighted by molar-refractivity contribution is -0.0441. The molecule has 0 aliphatic rings. The summed E-state index contributed by atoms with van der Waals surface area (Å²) in [6.45, 7) is 0. The molecule has 0 amide bonds. The number of hydrogen-bond donors (Lipinski definition) is 1. The second-order valence-corrected chi connectivity index (χ2v) is 6.82. The lowest BCUT2D eigenvalue weighted by Crippen LogP contribution is -2.40. The van der Waals surface area contributed by atoms with E-state index in [2.05, 4.69) is 5.92 Å². The Labute approximate surface area is 107 Å². The molecule has 0 spiro atoms. The molecule has 0 unspecified atom stereocenters. The molecule has 0 bridgehead atoms. The highest BCUT2D eigenvalue weighted by atomic mass is 32.3. The minimum Gasteiger partial charge on any atom is -0.206 e. The molecule has 104 valence electrons. The molecule has 0 fully saturated rings. The van der Waals surface area contributed by atoms with Crippen molar-refractivity contribution in [3.05, 3.63) is 29.8 Å². The number of terminal acetylenes is 1. The minimum absolute atomic E-state index is 0.289. The van der Waals surface area contributed by atoms with Crippen molar-refractivity contribution in [2.24, 2.45) is 0 Å². The third-order valence-corrected chi connectivity index (χ3v) is 5.11. The van der Waals surface area contributed by atoms with Crippen molar-refractivity contribution in [2.45, 2.75) is 10.4 Å². The molecule has 0 radical (unpaired) electrons. The molecule has 0 saturated heterocycles. The zero-order valence-corrected chi connectivity index (χ0v) is 10.6. The SMILES string of the molecule is C#Cc1ccc(S(=O)(=O)NS(=O)(=O)C(F)(F)F)cc1. The van der Waals surface area contributed by atoms with Crippen molar-refractivity contribution in [1.82, 2.24) is 4.13 Å². The molecule has 5 nitrogen and oxygen atoms in total. The van der Waals surface area contributed by atoms with Crippen LogP contribution in [-0.2, 0) is 20.0 Å². The summed E-state index contributed by atoms with van der Waals surface area (Å²) in [6.07, 6.45) is 5.01. The number of hydrogen-bond acceptors (Lipinski definition) is 4. The van der Waals surface area contributed by atoms with Crippen molar-refractivity contribution in [1.29, 1.82) is 0 Å². The van der Waals surface area contributed by atoms with Gasteiger partial charge in [-0.3, -0.25) is 0 Å². The van der Waals surface area contributed by atoms with Crippen molar-refractivity contribution in [2.75, 3.05) is 0 Å². The zero-order chi connectivity index (χ0) is 14.9. The standard InChI is InChI=1S/C9H6F3NO4S2/c1-2-7-3-5-8(6-4-7)18(14,15)13-19(16,17)9(10,11)12/h1,3-6,13H. The minimum atomic E-state index is -6.00. The van der Waals surface area contributed by atoms with E-state index in [0.29, 0.717) is 4.13 Å². The predicted octanol–water partition coefficient (Wildman–Crippen LogP) is 0.796. The Balaban J connectivity index is 3.17. The topological polar surface area (TPSA) is 80.3 Å². The van der Waals surface area contributed by atoms with Gasteiger partial charge in [0, 0.05) is 5.56 Å². The quantitative estimate of drug-likeness (QED) is 0.837. The average molecular weight is 313 g/mol. The van der Waals surface area contributed by atoms with E-state index in [-0.39, 0.29) is 5.56 Å². The van der Waals surface area contributed by atoms with Crippen LogP contribution in [0.5, 0.6) is 0 Å². The molecule has 1 aromatic rings. The summed E-state index contributed by atoms with van der Waals surface area (Å²) in [5.41, 5.74) is -5.43. The van der Waals surface area contributed by atoms with E-state index < -0.39 is 30.5 Å². The van der Waals surface area contributed by atoms with Crippen LogP contribution in [-0.4, -0.2) is 22.3 Å². The normalized spacial score (nSPS) is 12.9. The van der Waals surface area contributed by atoms with E-state index in [9.17, 15) is 30.0 Å². The summed E-state index contributed by atoms with van der Waals surface area (Å²) in [7, 11) is -10.9. The maximum atomic E-state index is 12.1. The summed E-state index contributed by atoms with van der Waals surface area (Å²) in [5.74, 6) is 2.16. The Morgan fingerprint density at radius 1 is 1.05 bits per heavy atom. The third-order valence-electron chi connectivity index (χ3n) is 1.86. The van der Waals surface area contributed by atoms with E-state index >= 15 is 0 Å². The number of benzene rings is 1. The van der Waals surface area contributed by atoms with Gasteiger partial charge in [0.25, 0.3) is 10.0 Å². The fraction of sp³-hybridized carbons (Fsp3) is 0.111. The predicted molar refractivity (Wildman–Crippen MR) is 59.7 cm³/mol. The lowest BCUT2D eigenvalue weighted by atomic mass is 10.2. The molecule has 1 aromatic carbocycles. The highest BCUT2D eigenvalue weighted by Gasteiger charge is 2.48. The summed E-state index contributed by atoms with van der Waals surface area (Å²) in [4.78, 5) is -0.653. The lowest BCUT2D eigenvalue weighted by Gasteiger charge is -2.10. The number of alkyl halides is 3. The number of nitrogens with one attached hydrogen (secondary N) is 1. The molecular weight excluding hydrogens is 307 g/mol. The Morgan fingerprint density at radius 2 is 1.53 bits per heavy atom. The largest absolute Gasteiger partial charge is 0.512 e. The average Bonchev–Trinajstić information content (AvgIpc) is 2.26. The van der Waals surface area contributed by atoms with Crippen molar-refractivity contribution >= 4 is 20.0 Å². The molecule has 0 aliphatic carbocycles. The van der Waals surface area contributed by atoms with E-state index in [1.54, 1.807) is 0 Å².